The molecule has 0 aliphatic rings. The molecule has 0 saturated carbocycles. The molecule has 0 spiro atoms. The predicted molar refractivity (Wildman–Crippen MR) is 86.8 cm³/mol. The maximum Gasteiger partial charge on any atom is 0.229 e. The number of aromatic nitrogens is 1. The SMILES string of the molecule is CC(=O)c1csc(NC(=O)CCOc2cc(C)cc(C)c2)n1. The number of Topliss-reactive ketones (excluding diaryl/α,β-unsaturated/α-hetero) is 1. The molecule has 0 saturated heterocycles. The number of nitrogens with zero attached hydrogens (tertiary/aromatic N) is 1. The second kappa shape index (κ2) is 7.17. The van der Waals surface area contributed by atoms with E-state index in [0.717, 1.165) is 16.9 Å². The van der Waals surface area contributed by atoms with Crippen LogP contribution in [0, 0.1) is 13.8 Å². The summed E-state index contributed by atoms with van der Waals surface area (Å²) in [5.74, 6) is 0.460. The Hall–Kier alpha value is -2.21. The number of rotatable bonds is 6. The molecule has 22 heavy (non-hydrogen) atoms. The Morgan fingerprint density at radius 2 is 1.91 bits per heavy atom. The molecule has 116 valence electrons. The van der Waals surface area contributed by atoms with Crippen LogP contribution in [0.3, 0.4) is 0 Å². The summed E-state index contributed by atoms with van der Waals surface area (Å²) in [6.45, 7) is 5.74. The lowest BCUT2D eigenvalue weighted by Gasteiger charge is -2.08. The van der Waals surface area contributed by atoms with Crippen molar-refractivity contribution < 1.29 is 14.3 Å². The number of hydrogen-bond donors (Lipinski definition) is 1. The van der Waals surface area contributed by atoms with Gasteiger partial charge in [0, 0.05) is 12.3 Å². The molecule has 0 atom stereocenters. The first-order valence-electron chi connectivity index (χ1n) is 6.91. The fourth-order valence-electron chi connectivity index (χ4n) is 1.95. The van der Waals surface area contributed by atoms with Gasteiger partial charge in [-0.25, -0.2) is 4.98 Å². The summed E-state index contributed by atoms with van der Waals surface area (Å²) >= 11 is 1.24. The largest absolute Gasteiger partial charge is 0.493 e. The Morgan fingerprint density at radius 1 is 1.23 bits per heavy atom. The van der Waals surface area contributed by atoms with Crippen LogP contribution < -0.4 is 10.1 Å². The highest BCUT2D eigenvalue weighted by molar-refractivity contribution is 7.14. The number of hydrogen-bond acceptors (Lipinski definition) is 5. The van der Waals surface area contributed by atoms with Crippen LogP contribution in [-0.2, 0) is 4.79 Å². The number of anilines is 1. The number of amides is 1. The van der Waals surface area contributed by atoms with E-state index in [1.54, 1.807) is 5.38 Å². The third-order valence-electron chi connectivity index (χ3n) is 2.90. The molecule has 2 aromatic rings. The molecule has 5 nitrogen and oxygen atoms in total. The first-order valence-corrected chi connectivity index (χ1v) is 7.79. The van der Waals surface area contributed by atoms with Crippen LogP contribution in [0.25, 0.3) is 0 Å². The van der Waals surface area contributed by atoms with Gasteiger partial charge < -0.3 is 10.1 Å². The molecule has 2 rings (SSSR count). The average molecular weight is 318 g/mol. The smallest absolute Gasteiger partial charge is 0.229 e. The summed E-state index contributed by atoms with van der Waals surface area (Å²) in [6, 6.07) is 5.93. The zero-order valence-electron chi connectivity index (χ0n) is 12.8. The van der Waals surface area contributed by atoms with Gasteiger partial charge in [-0.3, -0.25) is 9.59 Å². The number of ketones is 1. The van der Waals surface area contributed by atoms with Crippen molar-refractivity contribution in [1.29, 1.82) is 0 Å². The molecule has 0 fully saturated rings. The van der Waals surface area contributed by atoms with Gasteiger partial charge in [0.1, 0.15) is 11.4 Å². The van der Waals surface area contributed by atoms with Crippen LogP contribution in [-0.4, -0.2) is 23.3 Å². The second-order valence-electron chi connectivity index (χ2n) is 5.06. The number of thiazole rings is 1. The lowest BCUT2D eigenvalue weighted by molar-refractivity contribution is -0.116. The molecule has 0 unspecified atom stereocenters. The molecular formula is C16H18N2O3S. The van der Waals surface area contributed by atoms with Crippen molar-refractivity contribution in [3.8, 4) is 5.75 Å². The minimum absolute atomic E-state index is 0.116. The number of aryl methyl sites for hydroxylation is 2. The van der Waals surface area contributed by atoms with Crippen LogP contribution >= 0.6 is 11.3 Å². The van der Waals surface area contributed by atoms with E-state index in [2.05, 4.69) is 16.4 Å². The third kappa shape index (κ3) is 4.66. The zero-order chi connectivity index (χ0) is 16.1. The zero-order valence-corrected chi connectivity index (χ0v) is 13.6. The van der Waals surface area contributed by atoms with Gasteiger partial charge in [0.15, 0.2) is 10.9 Å². The normalized spacial score (nSPS) is 10.3. The lowest BCUT2D eigenvalue weighted by Crippen LogP contribution is -2.15. The molecule has 1 heterocycles. The van der Waals surface area contributed by atoms with Gasteiger partial charge in [0.05, 0.1) is 13.0 Å². The van der Waals surface area contributed by atoms with Crippen molar-refractivity contribution in [2.75, 3.05) is 11.9 Å². The molecule has 0 radical (unpaired) electrons. The summed E-state index contributed by atoms with van der Waals surface area (Å²) in [7, 11) is 0. The van der Waals surface area contributed by atoms with Crippen molar-refractivity contribution in [1.82, 2.24) is 4.98 Å². The van der Waals surface area contributed by atoms with E-state index in [-0.39, 0.29) is 18.1 Å². The number of benzene rings is 1. The summed E-state index contributed by atoms with van der Waals surface area (Å²) in [5.41, 5.74) is 2.62. The highest BCUT2D eigenvalue weighted by Gasteiger charge is 2.09. The minimum Gasteiger partial charge on any atom is -0.493 e. The van der Waals surface area contributed by atoms with E-state index < -0.39 is 0 Å². The van der Waals surface area contributed by atoms with Crippen LogP contribution in [0.2, 0.25) is 0 Å². The summed E-state index contributed by atoms with van der Waals surface area (Å²) in [6.07, 6.45) is 0.224. The van der Waals surface area contributed by atoms with Crippen LogP contribution in [0.1, 0.15) is 35.0 Å². The molecule has 1 aromatic carbocycles. The molecule has 1 amide bonds. The van der Waals surface area contributed by atoms with Crippen molar-refractivity contribution >= 4 is 28.2 Å². The maximum atomic E-state index is 11.8. The van der Waals surface area contributed by atoms with Crippen LogP contribution in [0.15, 0.2) is 23.6 Å². The molecule has 0 aliphatic carbocycles. The van der Waals surface area contributed by atoms with Gasteiger partial charge in [-0.2, -0.15) is 0 Å². The topological polar surface area (TPSA) is 68.3 Å². The van der Waals surface area contributed by atoms with Gasteiger partial charge in [0.2, 0.25) is 5.91 Å². The first kappa shape index (κ1) is 16.2. The van der Waals surface area contributed by atoms with E-state index in [1.807, 2.05) is 26.0 Å². The molecular weight excluding hydrogens is 300 g/mol. The Labute approximate surface area is 133 Å². The predicted octanol–water partition coefficient (Wildman–Crippen LogP) is 3.37. The fourth-order valence-corrected chi connectivity index (χ4v) is 2.72. The molecule has 1 aromatic heterocycles. The standard InChI is InChI=1S/C16H18N2O3S/c1-10-6-11(2)8-13(7-10)21-5-4-15(20)18-16-17-14(9-22-16)12(3)19/h6-9H,4-5H2,1-3H3,(H,17,18,20). The first-order chi connectivity index (χ1) is 10.4. The Morgan fingerprint density at radius 3 is 2.50 bits per heavy atom. The number of ether oxygens (including phenoxy) is 1. The van der Waals surface area contributed by atoms with E-state index in [9.17, 15) is 9.59 Å². The van der Waals surface area contributed by atoms with Crippen LogP contribution in [0.4, 0.5) is 5.13 Å². The quantitative estimate of drug-likeness (QED) is 0.829. The summed E-state index contributed by atoms with van der Waals surface area (Å²) < 4.78 is 5.59. The van der Waals surface area contributed by atoms with Gasteiger partial charge >= 0.3 is 0 Å². The average Bonchev–Trinajstić information content (AvgIpc) is 2.86. The third-order valence-corrected chi connectivity index (χ3v) is 3.66. The maximum absolute atomic E-state index is 11.8. The van der Waals surface area contributed by atoms with Crippen molar-refractivity contribution in [3.05, 3.63) is 40.4 Å². The highest BCUT2D eigenvalue weighted by Crippen LogP contribution is 2.17. The van der Waals surface area contributed by atoms with Gasteiger partial charge in [0.25, 0.3) is 0 Å². The van der Waals surface area contributed by atoms with Crippen molar-refractivity contribution in [2.24, 2.45) is 0 Å². The van der Waals surface area contributed by atoms with E-state index >= 15 is 0 Å². The second-order valence-corrected chi connectivity index (χ2v) is 5.92. The number of carbonyl (C=O) groups excluding carboxylic acids is 2. The molecule has 0 aliphatic heterocycles. The van der Waals surface area contributed by atoms with E-state index in [4.69, 9.17) is 4.74 Å². The van der Waals surface area contributed by atoms with Crippen molar-refractivity contribution in [2.45, 2.75) is 27.2 Å². The van der Waals surface area contributed by atoms with Gasteiger partial charge in [-0.05, 0) is 37.1 Å². The van der Waals surface area contributed by atoms with E-state index in [1.165, 1.54) is 18.3 Å². The summed E-state index contributed by atoms with van der Waals surface area (Å²) in [4.78, 5) is 27.0. The fraction of sp³-hybridized carbons (Fsp3) is 0.312. The van der Waals surface area contributed by atoms with Crippen LogP contribution in [0.5, 0.6) is 5.75 Å². The van der Waals surface area contributed by atoms with Gasteiger partial charge in [-0.1, -0.05) is 6.07 Å². The number of carbonyl (C=O) groups is 2. The molecule has 1 N–H and O–H groups in total. The Balaban J connectivity index is 1.81. The van der Waals surface area contributed by atoms with E-state index in [0.29, 0.717) is 17.4 Å². The Kier molecular flexibility index (Phi) is 5.27. The van der Waals surface area contributed by atoms with Crippen molar-refractivity contribution in [3.63, 3.8) is 0 Å². The summed E-state index contributed by atoms with van der Waals surface area (Å²) in [5, 5.41) is 4.72. The number of nitrogens with one attached hydrogen (secondary N) is 1. The Bertz CT molecular complexity index is 674. The molecule has 0 bridgehead atoms. The lowest BCUT2D eigenvalue weighted by atomic mass is 10.1. The van der Waals surface area contributed by atoms with Gasteiger partial charge in [-0.15, -0.1) is 11.3 Å². The minimum atomic E-state index is -0.186. The highest BCUT2D eigenvalue weighted by atomic mass is 32.1. The molecule has 6 heteroatoms. The monoisotopic (exact) mass is 318 g/mol.